The molecule has 2 fully saturated rings. The van der Waals surface area contributed by atoms with Crippen LogP contribution in [-0.2, 0) is 22.7 Å². The average Bonchev–Trinajstić information content (AvgIpc) is 3.23. The molecule has 1 aromatic carbocycles. The molecule has 2 N–H and O–H groups in total. The maximum atomic E-state index is 12.7. The normalized spacial score (nSPS) is 25.3. The Morgan fingerprint density at radius 3 is 2.81 bits per heavy atom. The minimum atomic E-state index is -0.552. The number of fused-ring (bicyclic) bond motifs is 1. The van der Waals surface area contributed by atoms with Crippen LogP contribution in [-0.4, -0.2) is 60.2 Å². The smallest absolute Gasteiger partial charge is 0.255 e. The highest BCUT2D eigenvalue weighted by atomic mass is 16.2. The molecule has 7 nitrogen and oxygen atoms in total. The summed E-state index contributed by atoms with van der Waals surface area (Å²) in [6.45, 7) is 4.53. The molecular weight excluding hydrogens is 344 g/mol. The highest BCUT2D eigenvalue weighted by Gasteiger charge is 2.39. The van der Waals surface area contributed by atoms with Crippen LogP contribution in [0, 0.1) is 5.92 Å². The van der Waals surface area contributed by atoms with Crippen LogP contribution < -0.4 is 10.6 Å². The summed E-state index contributed by atoms with van der Waals surface area (Å²) in [6.07, 6.45) is 1.90. The van der Waals surface area contributed by atoms with Gasteiger partial charge in [0.05, 0.1) is 0 Å². The Kier molecular flexibility index (Phi) is 4.97. The Bertz CT molecular complexity index is 772. The summed E-state index contributed by atoms with van der Waals surface area (Å²) in [4.78, 5) is 40.1. The van der Waals surface area contributed by atoms with E-state index in [1.807, 2.05) is 12.1 Å². The molecule has 0 spiro atoms. The minimum absolute atomic E-state index is 0.114. The van der Waals surface area contributed by atoms with Crippen molar-refractivity contribution in [3.8, 4) is 0 Å². The standard InChI is InChI=1S/C20H26N4O3/c1-23(11-14-6-7-21-9-14)10-13-2-3-16-15(8-13)12-24(20(16)27)17-4-5-18(25)22-19(17)26/h2-3,8,14,17,21H,4-7,9-12H2,1H3,(H,22,25,26). The van der Waals surface area contributed by atoms with Gasteiger partial charge in [-0.15, -0.1) is 0 Å². The van der Waals surface area contributed by atoms with Crippen molar-refractivity contribution in [2.24, 2.45) is 5.92 Å². The summed E-state index contributed by atoms with van der Waals surface area (Å²) in [5.41, 5.74) is 2.82. The topological polar surface area (TPSA) is 81.8 Å². The van der Waals surface area contributed by atoms with Crippen molar-refractivity contribution in [3.63, 3.8) is 0 Å². The van der Waals surface area contributed by atoms with E-state index >= 15 is 0 Å². The Morgan fingerprint density at radius 2 is 2.07 bits per heavy atom. The van der Waals surface area contributed by atoms with Crippen molar-refractivity contribution in [1.82, 2.24) is 20.4 Å². The molecule has 2 atom stereocenters. The molecule has 3 heterocycles. The van der Waals surface area contributed by atoms with Crippen molar-refractivity contribution in [3.05, 3.63) is 34.9 Å². The number of amides is 3. The first-order valence-corrected chi connectivity index (χ1v) is 9.67. The van der Waals surface area contributed by atoms with Crippen LogP contribution in [0.25, 0.3) is 0 Å². The monoisotopic (exact) mass is 370 g/mol. The van der Waals surface area contributed by atoms with E-state index in [1.165, 1.54) is 12.0 Å². The van der Waals surface area contributed by atoms with E-state index in [2.05, 4.69) is 28.6 Å². The molecule has 27 heavy (non-hydrogen) atoms. The quantitative estimate of drug-likeness (QED) is 0.738. The number of nitrogens with one attached hydrogen (secondary N) is 2. The number of carbonyl (C=O) groups excluding carboxylic acids is 3. The first-order valence-electron chi connectivity index (χ1n) is 9.67. The average molecular weight is 370 g/mol. The number of piperidine rings is 1. The second-order valence-corrected chi connectivity index (χ2v) is 7.95. The van der Waals surface area contributed by atoms with Gasteiger partial charge in [-0.25, -0.2) is 0 Å². The van der Waals surface area contributed by atoms with E-state index in [9.17, 15) is 14.4 Å². The molecule has 7 heteroatoms. The fourth-order valence-electron chi connectivity index (χ4n) is 4.41. The second-order valence-electron chi connectivity index (χ2n) is 7.95. The number of imide groups is 1. The lowest BCUT2D eigenvalue weighted by molar-refractivity contribution is -0.136. The highest BCUT2D eigenvalue weighted by Crippen LogP contribution is 2.28. The first-order chi connectivity index (χ1) is 13.0. The predicted octanol–water partition coefficient (Wildman–Crippen LogP) is 0.489. The van der Waals surface area contributed by atoms with Crippen LogP contribution in [0.1, 0.15) is 40.7 Å². The molecule has 0 saturated carbocycles. The lowest BCUT2D eigenvalue weighted by Gasteiger charge is -2.29. The van der Waals surface area contributed by atoms with Crippen molar-refractivity contribution in [2.75, 3.05) is 26.7 Å². The first kappa shape index (κ1) is 18.1. The third-order valence-corrected chi connectivity index (χ3v) is 5.77. The van der Waals surface area contributed by atoms with Gasteiger partial charge in [-0.05, 0) is 56.1 Å². The van der Waals surface area contributed by atoms with Gasteiger partial charge in [0.2, 0.25) is 11.8 Å². The number of benzene rings is 1. The van der Waals surface area contributed by atoms with Crippen LogP contribution in [0.15, 0.2) is 18.2 Å². The zero-order valence-corrected chi connectivity index (χ0v) is 15.7. The van der Waals surface area contributed by atoms with Gasteiger partial charge in [0.15, 0.2) is 0 Å². The fraction of sp³-hybridized carbons (Fsp3) is 0.550. The Morgan fingerprint density at radius 1 is 1.22 bits per heavy atom. The van der Waals surface area contributed by atoms with E-state index < -0.39 is 6.04 Å². The van der Waals surface area contributed by atoms with Crippen molar-refractivity contribution in [1.29, 1.82) is 0 Å². The van der Waals surface area contributed by atoms with E-state index in [1.54, 1.807) is 4.90 Å². The largest absolute Gasteiger partial charge is 0.322 e. The Labute approximate surface area is 159 Å². The molecule has 3 aliphatic rings. The zero-order chi connectivity index (χ0) is 19.0. The second kappa shape index (κ2) is 7.40. The van der Waals surface area contributed by atoms with Gasteiger partial charge in [-0.1, -0.05) is 12.1 Å². The maximum absolute atomic E-state index is 12.7. The van der Waals surface area contributed by atoms with Gasteiger partial charge in [-0.3, -0.25) is 19.7 Å². The number of rotatable bonds is 5. The van der Waals surface area contributed by atoms with Gasteiger partial charge in [-0.2, -0.15) is 0 Å². The number of carbonyl (C=O) groups is 3. The molecule has 0 aromatic heterocycles. The minimum Gasteiger partial charge on any atom is -0.322 e. The van der Waals surface area contributed by atoms with Gasteiger partial charge in [0, 0.05) is 31.6 Å². The van der Waals surface area contributed by atoms with Crippen LogP contribution in [0.5, 0.6) is 0 Å². The zero-order valence-electron chi connectivity index (χ0n) is 15.7. The summed E-state index contributed by atoms with van der Waals surface area (Å²) in [5, 5.41) is 5.74. The Hall–Kier alpha value is -2.25. The molecule has 1 aromatic rings. The lowest BCUT2D eigenvalue weighted by Crippen LogP contribution is -2.52. The molecule has 144 valence electrons. The van der Waals surface area contributed by atoms with Crippen molar-refractivity contribution in [2.45, 2.75) is 38.4 Å². The van der Waals surface area contributed by atoms with Crippen molar-refractivity contribution < 1.29 is 14.4 Å². The summed E-state index contributed by atoms with van der Waals surface area (Å²) >= 11 is 0. The maximum Gasteiger partial charge on any atom is 0.255 e. The molecule has 4 rings (SSSR count). The number of nitrogens with zero attached hydrogens (tertiary/aromatic N) is 2. The highest BCUT2D eigenvalue weighted by molar-refractivity contribution is 6.05. The van der Waals surface area contributed by atoms with Crippen LogP contribution >= 0.6 is 0 Å². The SMILES string of the molecule is CN(Cc1ccc2c(c1)CN(C1CCC(=O)NC1=O)C2=O)CC1CCNC1. The van der Waals surface area contributed by atoms with Crippen molar-refractivity contribution >= 4 is 17.7 Å². The van der Waals surface area contributed by atoms with Gasteiger partial charge in [0.1, 0.15) is 6.04 Å². The van der Waals surface area contributed by atoms with E-state index in [0.717, 1.165) is 31.7 Å². The lowest BCUT2D eigenvalue weighted by atomic mass is 10.0. The molecule has 3 aliphatic heterocycles. The fourth-order valence-corrected chi connectivity index (χ4v) is 4.41. The number of hydrogen-bond donors (Lipinski definition) is 2. The van der Waals surface area contributed by atoms with E-state index in [0.29, 0.717) is 24.4 Å². The molecule has 2 saturated heterocycles. The predicted molar refractivity (Wildman–Crippen MR) is 99.8 cm³/mol. The molecule has 0 aliphatic carbocycles. The molecule has 2 unspecified atom stereocenters. The molecular formula is C20H26N4O3. The summed E-state index contributed by atoms with van der Waals surface area (Å²) < 4.78 is 0. The molecule has 3 amide bonds. The third-order valence-electron chi connectivity index (χ3n) is 5.77. The molecule has 0 radical (unpaired) electrons. The van der Waals surface area contributed by atoms with E-state index in [4.69, 9.17) is 0 Å². The van der Waals surface area contributed by atoms with Gasteiger partial charge < -0.3 is 15.1 Å². The van der Waals surface area contributed by atoms with Gasteiger partial charge in [0.25, 0.3) is 5.91 Å². The van der Waals surface area contributed by atoms with Crippen LogP contribution in [0.2, 0.25) is 0 Å². The molecule has 0 bridgehead atoms. The van der Waals surface area contributed by atoms with Crippen LogP contribution in [0.4, 0.5) is 0 Å². The third kappa shape index (κ3) is 3.75. The summed E-state index contributed by atoms with van der Waals surface area (Å²) in [6, 6.07) is 5.42. The Balaban J connectivity index is 1.42. The van der Waals surface area contributed by atoms with Gasteiger partial charge >= 0.3 is 0 Å². The summed E-state index contributed by atoms with van der Waals surface area (Å²) in [5.74, 6) is -0.0359. The van der Waals surface area contributed by atoms with Crippen LogP contribution in [0.3, 0.4) is 0 Å². The van der Waals surface area contributed by atoms with E-state index in [-0.39, 0.29) is 24.1 Å². The summed E-state index contributed by atoms with van der Waals surface area (Å²) in [7, 11) is 2.13. The number of hydrogen-bond acceptors (Lipinski definition) is 5.